The Hall–Kier alpha value is -1.27. The molecule has 0 bridgehead atoms. The van der Waals surface area contributed by atoms with Gasteiger partial charge in [0.2, 0.25) is 0 Å². The summed E-state index contributed by atoms with van der Waals surface area (Å²) < 4.78 is 25.9. The lowest BCUT2D eigenvalue weighted by Gasteiger charge is -2.04. The highest BCUT2D eigenvalue weighted by Gasteiger charge is 2.07. The van der Waals surface area contributed by atoms with Gasteiger partial charge in [-0.25, -0.2) is 8.42 Å². The topological polar surface area (TPSA) is 58.5 Å². The third kappa shape index (κ3) is 5.37. The minimum atomic E-state index is -3.50. The van der Waals surface area contributed by atoms with Gasteiger partial charge in [-0.15, -0.1) is 0 Å². The van der Waals surface area contributed by atoms with Gasteiger partial charge in [0.15, 0.2) is 5.17 Å². The number of thioether (sulfide) groups is 1. The van der Waals surface area contributed by atoms with Crippen LogP contribution in [-0.2, 0) is 10.0 Å². The Morgan fingerprint density at radius 3 is 2.61 bits per heavy atom. The molecule has 0 aromatic heterocycles. The highest BCUT2D eigenvalue weighted by Crippen LogP contribution is 2.04. The van der Waals surface area contributed by atoms with Gasteiger partial charge >= 0.3 is 0 Å². The molecule has 0 amide bonds. The van der Waals surface area contributed by atoms with Gasteiger partial charge in [-0.2, -0.15) is 0 Å². The van der Waals surface area contributed by atoms with E-state index in [4.69, 9.17) is 0 Å². The molecule has 6 heteroatoms. The summed E-state index contributed by atoms with van der Waals surface area (Å²) in [6.45, 7) is 2.39. The summed E-state index contributed by atoms with van der Waals surface area (Å²) in [7, 11) is -3.50. The molecular weight excluding hydrogens is 268 g/mol. The molecule has 4 nitrogen and oxygen atoms in total. The maximum atomic E-state index is 11.8. The van der Waals surface area contributed by atoms with Crippen LogP contribution in [0.2, 0.25) is 0 Å². The summed E-state index contributed by atoms with van der Waals surface area (Å²) in [4.78, 5) is 4.04. The lowest BCUT2D eigenvalue weighted by atomic mass is 10.2. The highest BCUT2D eigenvalue weighted by molar-refractivity contribution is 8.14. The third-order valence-electron chi connectivity index (χ3n) is 1.96. The van der Waals surface area contributed by atoms with Crippen molar-refractivity contribution in [1.82, 2.24) is 4.72 Å². The predicted octanol–water partition coefficient (Wildman–Crippen LogP) is 2.32. The average molecular weight is 284 g/mol. The van der Waals surface area contributed by atoms with E-state index in [9.17, 15) is 8.42 Å². The van der Waals surface area contributed by atoms with Gasteiger partial charge in [-0.05, 0) is 24.8 Å². The van der Waals surface area contributed by atoms with Crippen LogP contribution in [0.25, 0.3) is 6.08 Å². The van der Waals surface area contributed by atoms with Crippen LogP contribution in [0.1, 0.15) is 12.5 Å². The van der Waals surface area contributed by atoms with Gasteiger partial charge in [0.05, 0.1) is 5.41 Å². The average Bonchev–Trinajstić information content (AvgIpc) is 2.37. The monoisotopic (exact) mass is 284 g/mol. The molecule has 0 radical (unpaired) electrons. The summed E-state index contributed by atoms with van der Waals surface area (Å²) >= 11 is 1.27. The fourth-order valence-electron chi connectivity index (χ4n) is 1.17. The molecule has 0 saturated heterocycles. The van der Waals surface area contributed by atoms with Gasteiger partial charge in [0.1, 0.15) is 0 Å². The normalized spacial score (nSPS) is 12.9. The summed E-state index contributed by atoms with van der Waals surface area (Å²) in [5, 5.41) is 1.54. The van der Waals surface area contributed by atoms with Crippen LogP contribution < -0.4 is 4.72 Å². The van der Waals surface area contributed by atoms with Crippen molar-refractivity contribution in [3.63, 3.8) is 0 Å². The first-order valence-electron chi connectivity index (χ1n) is 5.42. The van der Waals surface area contributed by atoms with Gasteiger partial charge < -0.3 is 0 Å². The molecule has 18 heavy (non-hydrogen) atoms. The lowest BCUT2D eigenvalue weighted by molar-refractivity contribution is 0.602. The van der Waals surface area contributed by atoms with Crippen molar-refractivity contribution in [2.75, 3.05) is 12.8 Å². The number of rotatable bonds is 4. The number of benzene rings is 1. The van der Waals surface area contributed by atoms with Crippen LogP contribution >= 0.6 is 11.8 Å². The van der Waals surface area contributed by atoms with Crippen LogP contribution in [0, 0.1) is 0 Å². The van der Waals surface area contributed by atoms with Gasteiger partial charge in [0.25, 0.3) is 10.0 Å². The molecule has 1 N–H and O–H groups in total. The number of aliphatic imine (C=N–C) groups is 1. The molecule has 0 spiro atoms. The molecule has 1 rings (SSSR count). The van der Waals surface area contributed by atoms with E-state index in [0.717, 1.165) is 11.0 Å². The Kier molecular flexibility index (Phi) is 5.94. The van der Waals surface area contributed by atoms with Crippen LogP contribution in [-0.4, -0.2) is 26.4 Å². The fraction of sp³-hybridized carbons (Fsp3) is 0.250. The summed E-state index contributed by atoms with van der Waals surface area (Å²) in [6.07, 6.45) is 3.32. The predicted molar refractivity (Wildman–Crippen MR) is 79.0 cm³/mol. The van der Waals surface area contributed by atoms with Crippen LogP contribution in [0.15, 0.2) is 40.7 Å². The number of hydrogen-bond acceptors (Lipinski definition) is 4. The van der Waals surface area contributed by atoms with Crippen molar-refractivity contribution in [3.8, 4) is 0 Å². The van der Waals surface area contributed by atoms with E-state index in [1.807, 2.05) is 37.3 Å². The maximum Gasteiger partial charge on any atom is 0.256 e. The van der Waals surface area contributed by atoms with E-state index in [-0.39, 0.29) is 0 Å². The molecule has 0 aliphatic rings. The van der Waals surface area contributed by atoms with E-state index < -0.39 is 10.0 Å². The number of nitrogens with zero attached hydrogens (tertiary/aromatic N) is 1. The van der Waals surface area contributed by atoms with Crippen molar-refractivity contribution >= 4 is 33.0 Å². The summed E-state index contributed by atoms with van der Waals surface area (Å²) in [5.74, 6) is 0. The first-order chi connectivity index (χ1) is 8.57. The number of nitrogens with one attached hydrogen (secondary N) is 1. The zero-order valence-corrected chi connectivity index (χ0v) is 12.0. The molecule has 1 aromatic rings. The van der Waals surface area contributed by atoms with Crippen molar-refractivity contribution in [2.24, 2.45) is 4.99 Å². The van der Waals surface area contributed by atoms with Gasteiger partial charge in [0, 0.05) is 6.54 Å². The minimum Gasteiger partial charge on any atom is -0.262 e. The van der Waals surface area contributed by atoms with Crippen LogP contribution in [0.5, 0.6) is 0 Å². The molecule has 0 atom stereocenters. The molecule has 0 unspecified atom stereocenters. The quantitative estimate of drug-likeness (QED) is 0.682. The largest absolute Gasteiger partial charge is 0.262 e. The molecule has 0 heterocycles. The van der Waals surface area contributed by atoms with Crippen LogP contribution in [0.4, 0.5) is 0 Å². The highest BCUT2D eigenvalue weighted by atomic mass is 32.2. The summed E-state index contributed by atoms with van der Waals surface area (Å²) in [6, 6.07) is 9.25. The Labute approximate surface area is 112 Å². The molecule has 0 saturated carbocycles. The molecule has 0 aliphatic heterocycles. The number of sulfonamides is 1. The summed E-state index contributed by atoms with van der Waals surface area (Å²) in [5.41, 5.74) is 0.834. The first kappa shape index (κ1) is 14.8. The molecule has 1 aromatic carbocycles. The molecule has 0 fully saturated rings. The van der Waals surface area contributed by atoms with Crippen LogP contribution in [0.3, 0.4) is 0 Å². The first-order valence-corrected chi connectivity index (χ1v) is 8.19. The Balaban J connectivity index is 2.77. The second kappa shape index (κ2) is 7.23. The minimum absolute atomic E-state index is 0.398. The second-order valence-corrected chi connectivity index (χ2v) is 5.71. The van der Waals surface area contributed by atoms with Crippen molar-refractivity contribution in [1.29, 1.82) is 0 Å². The van der Waals surface area contributed by atoms with Crippen molar-refractivity contribution in [2.45, 2.75) is 6.92 Å². The Morgan fingerprint density at radius 1 is 1.39 bits per heavy atom. The number of hydrogen-bond donors (Lipinski definition) is 1. The third-order valence-corrected chi connectivity index (χ3v) is 3.68. The zero-order chi connectivity index (χ0) is 13.4. The van der Waals surface area contributed by atoms with E-state index >= 15 is 0 Å². The van der Waals surface area contributed by atoms with Crippen molar-refractivity contribution in [3.05, 3.63) is 41.3 Å². The van der Waals surface area contributed by atoms with Gasteiger partial charge in [-0.1, -0.05) is 42.1 Å². The molecule has 0 aliphatic carbocycles. The second-order valence-electron chi connectivity index (χ2n) is 3.34. The SMILES string of the molecule is CCN=C(NS(=O)(=O)/C=C/c1ccccc1)SC. The zero-order valence-electron chi connectivity index (χ0n) is 10.3. The smallest absolute Gasteiger partial charge is 0.256 e. The standard InChI is InChI=1S/C12H16N2O2S2/c1-3-13-12(17-2)14-18(15,16)10-9-11-7-5-4-6-8-11/h4-10H,3H2,1-2H3,(H,13,14)/b10-9+. The lowest BCUT2D eigenvalue weighted by Crippen LogP contribution is -2.26. The van der Waals surface area contributed by atoms with E-state index in [1.165, 1.54) is 11.8 Å². The Morgan fingerprint density at radius 2 is 2.06 bits per heavy atom. The fourth-order valence-corrected chi connectivity index (χ4v) is 2.82. The maximum absolute atomic E-state index is 11.8. The molecule has 98 valence electrons. The van der Waals surface area contributed by atoms with Gasteiger partial charge in [-0.3, -0.25) is 9.71 Å². The van der Waals surface area contributed by atoms with Crippen molar-refractivity contribution < 1.29 is 8.42 Å². The number of amidine groups is 1. The Bertz CT molecular complexity index is 522. The van der Waals surface area contributed by atoms with E-state index in [1.54, 1.807) is 12.3 Å². The van der Waals surface area contributed by atoms with E-state index in [0.29, 0.717) is 11.7 Å². The molecular formula is C12H16N2O2S2. The van der Waals surface area contributed by atoms with E-state index in [2.05, 4.69) is 9.71 Å².